The smallest absolute Gasteiger partial charge is 0.246 e. The average molecular weight is 380 g/mol. The highest BCUT2D eigenvalue weighted by atomic mass is 19.1. The predicted molar refractivity (Wildman–Crippen MR) is 103 cm³/mol. The number of hydrogen-bond acceptors (Lipinski definition) is 4. The number of carbonyl (C=O) groups is 2. The molecule has 2 aromatic rings. The summed E-state index contributed by atoms with van der Waals surface area (Å²) in [5, 5.41) is 9.27. The van der Waals surface area contributed by atoms with Crippen molar-refractivity contribution < 1.29 is 14.0 Å². The maximum Gasteiger partial charge on any atom is 0.246 e. The largest absolute Gasteiger partial charge is 0.330 e. The van der Waals surface area contributed by atoms with Gasteiger partial charge >= 0.3 is 0 Å². The van der Waals surface area contributed by atoms with Crippen molar-refractivity contribution in [3.8, 4) is 6.07 Å². The SMILES string of the molecule is CN(C)C(C(=O)N1CCN(c2ccccc2C#N)C(=O)C1)c1ccc(F)cc1. The number of likely N-dealkylation sites (N-methyl/N-ethyl adjacent to an activating group) is 1. The molecule has 0 radical (unpaired) electrons. The second-order valence-corrected chi connectivity index (χ2v) is 6.85. The van der Waals surface area contributed by atoms with Crippen LogP contribution in [0.25, 0.3) is 0 Å². The monoisotopic (exact) mass is 380 g/mol. The van der Waals surface area contributed by atoms with E-state index >= 15 is 0 Å². The van der Waals surface area contributed by atoms with Crippen LogP contribution in [0.5, 0.6) is 0 Å². The molecule has 1 aliphatic heterocycles. The number of hydrogen-bond donors (Lipinski definition) is 0. The van der Waals surface area contributed by atoms with Gasteiger partial charge in [-0.1, -0.05) is 24.3 Å². The van der Waals surface area contributed by atoms with Crippen LogP contribution in [0.1, 0.15) is 17.2 Å². The topological polar surface area (TPSA) is 67.7 Å². The number of benzene rings is 2. The molecule has 6 nitrogen and oxygen atoms in total. The first-order chi connectivity index (χ1) is 13.4. The van der Waals surface area contributed by atoms with Gasteiger partial charge in [0.1, 0.15) is 24.5 Å². The number of amides is 2. The highest BCUT2D eigenvalue weighted by Crippen LogP contribution is 2.25. The van der Waals surface area contributed by atoms with Crippen LogP contribution >= 0.6 is 0 Å². The Bertz CT molecular complexity index is 921. The number of carbonyl (C=O) groups excluding carboxylic acids is 2. The van der Waals surface area contributed by atoms with Gasteiger partial charge in [-0.05, 0) is 43.9 Å². The van der Waals surface area contributed by atoms with Crippen molar-refractivity contribution in [1.82, 2.24) is 9.80 Å². The number of piperazine rings is 1. The molecule has 0 aliphatic carbocycles. The van der Waals surface area contributed by atoms with Crippen LogP contribution in [0.4, 0.5) is 10.1 Å². The Balaban J connectivity index is 1.78. The molecule has 1 aliphatic rings. The van der Waals surface area contributed by atoms with Crippen LogP contribution in [-0.4, -0.2) is 55.3 Å². The van der Waals surface area contributed by atoms with Crippen LogP contribution in [0.3, 0.4) is 0 Å². The maximum absolute atomic E-state index is 13.2. The van der Waals surface area contributed by atoms with E-state index in [-0.39, 0.29) is 24.2 Å². The fourth-order valence-corrected chi connectivity index (χ4v) is 3.40. The maximum atomic E-state index is 13.2. The molecule has 2 amide bonds. The minimum atomic E-state index is -0.605. The van der Waals surface area contributed by atoms with Crippen molar-refractivity contribution in [3.63, 3.8) is 0 Å². The van der Waals surface area contributed by atoms with Gasteiger partial charge in [0.25, 0.3) is 0 Å². The van der Waals surface area contributed by atoms with Crippen molar-refractivity contribution in [3.05, 3.63) is 65.5 Å². The van der Waals surface area contributed by atoms with Gasteiger partial charge in [0, 0.05) is 13.1 Å². The summed E-state index contributed by atoms with van der Waals surface area (Å²) in [6.45, 7) is 0.604. The van der Waals surface area contributed by atoms with Crippen molar-refractivity contribution in [1.29, 1.82) is 5.26 Å². The normalized spacial score (nSPS) is 15.5. The molecule has 0 spiro atoms. The van der Waals surface area contributed by atoms with E-state index < -0.39 is 6.04 Å². The van der Waals surface area contributed by atoms with Crippen molar-refractivity contribution in [2.75, 3.05) is 38.6 Å². The van der Waals surface area contributed by atoms with Gasteiger partial charge in [0.2, 0.25) is 11.8 Å². The van der Waals surface area contributed by atoms with Gasteiger partial charge in [0.05, 0.1) is 11.3 Å². The second-order valence-electron chi connectivity index (χ2n) is 6.85. The van der Waals surface area contributed by atoms with E-state index in [9.17, 15) is 19.2 Å². The summed E-state index contributed by atoms with van der Waals surface area (Å²) in [6, 6.07) is 14.2. The van der Waals surface area contributed by atoms with E-state index in [0.717, 1.165) is 0 Å². The number of rotatable bonds is 4. The Morgan fingerprint density at radius 1 is 1.14 bits per heavy atom. The molecule has 28 heavy (non-hydrogen) atoms. The van der Waals surface area contributed by atoms with E-state index in [1.54, 1.807) is 60.3 Å². The molecular formula is C21H21FN4O2. The fourth-order valence-electron chi connectivity index (χ4n) is 3.40. The Morgan fingerprint density at radius 2 is 1.82 bits per heavy atom. The summed E-state index contributed by atoms with van der Waals surface area (Å²) < 4.78 is 13.2. The third kappa shape index (κ3) is 3.87. The third-order valence-corrected chi connectivity index (χ3v) is 4.78. The number of para-hydroxylation sites is 1. The van der Waals surface area contributed by atoms with Gasteiger partial charge in [-0.2, -0.15) is 5.26 Å². The second kappa shape index (κ2) is 8.19. The average Bonchev–Trinajstić information content (AvgIpc) is 2.69. The number of anilines is 1. The van der Waals surface area contributed by atoms with Crippen LogP contribution in [0.2, 0.25) is 0 Å². The molecule has 1 fully saturated rings. The Kier molecular flexibility index (Phi) is 5.71. The van der Waals surface area contributed by atoms with E-state index in [1.807, 2.05) is 0 Å². The molecule has 0 aromatic heterocycles. The Labute approximate surface area is 163 Å². The molecule has 1 unspecified atom stereocenters. The van der Waals surface area contributed by atoms with E-state index in [1.165, 1.54) is 17.0 Å². The third-order valence-electron chi connectivity index (χ3n) is 4.78. The zero-order chi connectivity index (χ0) is 20.3. The van der Waals surface area contributed by atoms with Gasteiger partial charge < -0.3 is 9.80 Å². The molecule has 3 rings (SSSR count). The predicted octanol–water partition coefficient (Wildman–Crippen LogP) is 2.18. The fraction of sp³-hybridized carbons (Fsp3) is 0.286. The lowest BCUT2D eigenvalue weighted by atomic mass is 10.0. The highest BCUT2D eigenvalue weighted by Gasteiger charge is 2.34. The summed E-state index contributed by atoms with van der Waals surface area (Å²) in [5.74, 6) is -0.814. The Morgan fingerprint density at radius 3 is 2.43 bits per heavy atom. The lowest BCUT2D eigenvalue weighted by molar-refractivity contribution is -0.141. The number of halogens is 1. The molecule has 0 N–H and O–H groups in total. The number of nitriles is 1. The molecule has 1 saturated heterocycles. The molecule has 144 valence electrons. The van der Waals surface area contributed by atoms with E-state index in [4.69, 9.17) is 0 Å². The van der Waals surface area contributed by atoms with Crippen molar-refractivity contribution >= 4 is 17.5 Å². The van der Waals surface area contributed by atoms with Crippen LogP contribution in [-0.2, 0) is 9.59 Å². The van der Waals surface area contributed by atoms with Crippen LogP contribution in [0.15, 0.2) is 48.5 Å². The van der Waals surface area contributed by atoms with E-state index in [0.29, 0.717) is 29.9 Å². The van der Waals surface area contributed by atoms with E-state index in [2.05, 4.69) is 6.07 Å². The summed E-state index contributed by atoms with van der Waals surface area (Å²) in [4.78, 5) is 30.6. The minimum Gasteiger partial charge on any atom is -0.330 e. The van der Waals surface area contributed by atoms with Crippen LogP contribution < -0.4 is 4.90 Å². The molecule has 1 atom stereocenters. The summed E-state index contributed by atoms with van der Waals surface area (Å²) >= 11 is 0. The molecule has 0 bridgehead atoms. The summed E-state index contributed by atoms with van der Waals surface area (Å²) in [6.07, 6.45) is 0. The molecule has 7 heteroatoms. The van der Waals surface area contributed by atoms with Gasteiger partial charge in [-0.25, -0.2) is 4.39 Å². The minimum absolute atomic E-state index is 0.0653. The van der Waals surface area contributed by atoms with Crippen molar-refractivity contribution in [2.24, 2.45) is 0 Å². The zero-order valence-electron chi connectivity index (χ0n) is 15.8. The first kappa shape index (κ1) is 19.5. The first-order valence-corrected chi connectivity index (χ1v) is 8.92. The molecule has 1 heterocycles. The lowest BCUT2D eigenvalue weighted by Crippen LogP contribution is -2.54. The summed E-state index contributed by atoms with van der Waals surface area (Å²) in [7, 11) is 3.54. The number of nitrogens with zero attached hydrogens (tertiary/aromatic N) is 4. The highest BCUT2D eigenvalue weighted by molar-refractivity contribution is 5.99. The van der Waals surface area contributed by atoms with Crippen molar-refractivity contribution in [2.45, 2.75) is 6.04 Å². The molecule has 2 aromatic carbocycles. The summed E-state index contributed by atoms with van der Waals surface area (Å²) in [5.41, 5.74) is 1.65. The lowest BCUT2D eigenvalue weighted by Gasteiger charge is -2.37. The van der Waals surface area contributed by atoms with Gasteiger partial charge in [0.15, 0.2) is 0 Å². The first-order valence-electron chi connectivity index (χ1n) is 8.92. The Hall–Kier alpha value is -3.24. The van der Waals surface area contributed by atoms with Crippen LogP contribution in [0, 0.1) is 17.1 Å². The molecular weight excluding hydrogens is 359 g/mol. The van der Waals surface area contributed by atoms with Gasteiger partial charge in [-0.15, -0.1) is 0 Å². The van der Waals surface area contributed by atoms with Gasteiger partial charge in [-0.3, -0.25) is 14.5 Å². The molecule has 0 saturated carbocycles. The standard InChI is InChI=1S/C21H21FN4O2/c1-24(2)20(15-7-9-17(22)10-8-15)21(28)25-11-12-26(19(27)14-25)18-6-4-3-5-16(18)13-23/h3-10,20H,11-12,14H2,1-2H3. The zero-order valence-corrected chi connectivity index (χ0v) is 15.8. The quantitative estimate of drug-likeness (QED) is 0.815.